The van der Waals surface area contributed by atoms with Crippen molar-refractivity contribution in [2.75, 3.05) is 6.54 Å². The Morgan fingerprint density at radius 2 is 1.65 bits per heavy atom. The molecule has 222 valence electrons. The van der Waals surface area contributed by atoms with Crippen molar-refractivity contribution < 1.29 is 27.8 Å². The van der Waals surface area contributed by atoms with Crippen molar-refractivity contribution in [2.45, 2.75) is 51.1 Å². The van der Waals surface area contributed by atoms with E-state index in [-0.39, 0.29) is 41.0 Å². The average molecular weight is 587 g/mol. The minimum Gasteiger partial charge on any atom is -0.470 e. The summed E-state index contributed by atoms with van der Waals surface area (Å²) >= 11 is 0. The monoisotopic (exact) mass is 587 g/mol. The van der Waals surface area contributed by atoms with Gasteiger partial charge in [0, 0.05) is 12.7 Å². The number of fused-ring (bicyclic) bond motifs is 1. The SMILES string of the molecule is BC(B)(B)CC(C)(CNC(=O)c1c(C)nc2c(OCc3c(F)cccc3F)nc(C)cn12)NC(=O)OCc1ccccc1. The zero-order valence-corrected chi connectivity index (χ0v) is 25.3. The molecule has 2 N–H and O–H groups in total. The summed E-state index contributed by atoms with van der Waals surface area (Å²) in [6.45, 7) is 5.05. The van der Waals surface area contributed by atoms with Gasteiger partial charge < -0.3 is 20.1 Å². The van der Waals surface area contributed by atoms with Crippen LogP contribution in [0.25, 0.3) is 5.65 Å². The third-order valence-electron chi connectivity index (χ3n) is 6.68. The van der Waals surface area contributed by atoms with Crippen molar-refractivity contribution >= 4 is 41.2 Å². The van der Waals surface area contributed by atoms with Gasteiger partial charge in [-0.3, -0.25) is 9.20 Å². The third-order valence-corrected chi connectivity index (χ3v) is 6.68. The van der Waals surface area contributed by atoms with Crippen LogP contribution in [0.5, 0.6) is 5.88 Å². The van der Waals surface area contributed by atoms with Crippen LogP contribution in [-0.4, -0.2) is 62.0 Å². The number of alkyl carbamates (subject to hydrolysis) is 1. The Kier molecular flexibility index (Phi) is 9.47. The van der Waals surface area contributed by atoms with Gasteiger partial charge in [0.05, 0.1) is 46.0 Å². The fourth-order valence-electron chi connectivity index (χ4n) is 5.12. The van der Waals surface area contributed by atoms with E-state index in [9.17, 15) is 18.4 Å². The van der Waals surface area contributed by atoms with Crippen LogP contribution in [0.1, 0.15) is 46.3 Å². The van der Waals surface area contributed by atoms with Crippen molar-refractivity contribution in [1.29, 1.82) is 0 Å². The molecule has 0 bridgehead atoms. The molecule has 43 heavy (non-hydrogen) atoms. The Bertz CT molecular complexity index is 1610. The van der Waals surface area contributed by atoms with E-state index in [1.807, 2.05) is 60.8 Å². The summed E-state index contributed by atoms with van der Waals surface area (Å²) in [5, 5.41) is 5.70. The number of halogens is 2. The van der Waals surface area contributed by atoms with Crippen molar-refractivity contribution in [3.05, 3.63) is 94.6 Å². The highest BCUT2D eigenvalue weighted by atomic mass is 19.1. The number of nitrogens with one attached hydrogen (secondary N) is 2. The normalized spacial score (nSPS) is 12.9. The number of aryl methyl sites for hydroxylation is 2. The molecule has 4 rings (SSSR count). The fraction of sp³-hybridized carbons (Fsp3) is 0.310. The van der Waals surface area contributed by atoms with E-state index >= 15 is 0 Å². The lowest BCUT2D eigenvalue weighted by Crippen LogP contribution is -2.55. The van der Waals surface area contributed by atoms with Crippen LogP contribution in [0, 0.1) is 25.5 Å². The topological polar surface area (TPSA) is 107 Å². The quantitative estimate of drug-likeness (QED) is 0.260. The zero-order valence-electron chi connectivity index (χ0n) is 25.3. The van der Waals surface area contributed by atoms with E-state index in [0.717, 1.165) is 17.7 Å². The van der Waals surface area contributed by atoms with Crippen molar-refractivity contribution in [3.8, 4) is 5.88 Å². The number of ether oxygens (including phenoxy) is 2. The number of imidazole rings is 1. The van der Waals surface area contributed by atoms with Crippen molar-refractivity contribution in [1.82, 2.24) is 25.0 Å². The molecule has 2 heterocycles. The van der Waals surface area contributed by atoms with Crippen LogP contribution in [0.15, 0.2) is 54.7 Å². The maximum atomic E-state index is 14.2. The van der Waals surface area contributed by atoms with Crippen LogP contribution < -0.4 is 15.4 Å². The van der Waals surface area contributed by atoms with Gasteiger partial charge in [0.15, 0.2) is 0 Å². The molecule has 4 aromatic rings. The van der Waals surface area contributed by atoms with Gasteiger partial charge in [-0.1, -0.05) is 36.4 Å². The second-order valence-corrected chi connectivity index (χ2v) is 12.1. The molecule has 0 radical (unpaired) electrons. The van der Waals surface area contributed by atoms with Gasteiger partial charge >= 0.3 is 6.09 Å². The number of carbonyl (C=O) groups excluding carboxylic acids is 2. The Morgan fingerprint density at radius 3 is 2.30 bits per heavy atom. The number of benzene rings is 2. The summed E-state index contributed by atoms with van der Waals surface area (Å²) in [5.41, 5.74) is 1.16. The minimum absolute atomic E-state index is 0.0326. The van der Waals surface area contributed by atoms with Gasteiger partial charge in [-0.2, -0.15) is 0 Å². The molecule has 0 saturated heterocycles. The Hall–Kier alpha value is -4.35. The number of hydrogen-bond acceptors (Lipinski definition) is 6. The zero-order chi connectivity index (χ0) is 31.4. The van der Waals surface area contributed by atoms with E-state index in [2.05, 4.69) is 20.6 Å². The molecule has 2 aromatic carbocycles. The van der Waals surface area contributed by atoms with E-state index in [4.69, 9.17) is 9.47 Å². The lowest BCUT2D eigenvalue weighted by atomic mass is 9.39. The fourth-order valence-corrected chi connectivity index (χ4v) is 5.12. The summed E-state index contributed by atoms with van der Waals surface area (Å²) in [6, 6.07) is 12.9. The lowest BCUT2D eigenvalue weighted by Gasteiger charge is -2.36. The first-order chi connectivity index (χ1) is 20.2. The number of rotatable bonds is 11. The Labute approximate surface area is 252 Å². The summed E-state index contributed by atoms with van der Waals surface area (Å²) in [4.78, 5) is 35.2. The number of carbonyl (C=O) groups is 2. The first kappa shape index (κ1) is 31.6. The standard InChI is InChI=1S/C29H34B3F2N5O4/c1-17-12-39-23(18(2)37-24(39)26(36-17)42-14-20-21(33)10-7-11-22(20)34)25(40)35-16-28(3,15-29(30,31)32)38-27(41)43-13-19-8-5-4-6-9-19/h4-12H,13-16,30-32H2,1-3H3,(H,35,40)(H,38,41). The highest BCUT2D eigenvalue weighted by Gasteiger charge is 2.33. The van der Waals surface area contributed by atoms with Crippen LogP contribution in [0.3, 0.4) is 0 Å². The highest BCUT2D eigenvalue weighted by Crippen LogP contribution is 2.26. The molecule has 1 unspecified atom stereocenters. The van der Waals surface area contributed by atoms with Gasteiger partial charge in [-0.05, 0) is 44.9 Å². The van der Waals surface area contributed by atoms with E-state index in [1.54, 1.807) is 24.4 Å². The molecule has 1 atom stereocenters. The third kappa shape index (κ3) is 8.15. The average Bonchev–Trinajstić information content (AvgIpc) is 3.25. The summed E-state index contributed by atoms with van der Waals surface area (Å²) in [6.07, 6.45) is 1.58. The van der Waals surface area contributed by atoms with Gasteiger partial charge in [0.25, 0.3) is 11.8 Å². The van der Waals surface area contributed by atoms with Gasteiger partial charge in [0.2, 0.25) is 5.65 Å². The van der Waals surface area contributed by atoms with Crippen LogP contribution in [0.2, 0.25) is 5.11 Å². The molecule has 2 aromatic heterocycles. The highest BCUT2D eigenvalue weighted by molar-refractivity contribution is 6.58. The van der Waals surface area contributed by atoms with Crippen molar-refractivity contribution in [3.63, 3.8) is 0 Å². The van der Waals surface area contributed by atoms with Crippen LogP contribution >= 0.6 is 0 Å². The number of nitrogens with zero attached hydrogens (tertiary/aromatic N) is 3. The Balaban J connectivity index is 1.52. The minimum atomic E-state index is -0.842. The van der Waals surface area contributed by atoms with Gasteiger partial charge in [0.1, 0.15) is 30.5 Å². The molecule has 14 heteroatoms. The lowest BCUT2D eigenvalue weighted by molar-refractivity contribution is 0.0921. The molecule has 0 saturated carbocycles. The molecule has 0 fully saturated rings. The first-order valence-corrected chi connectivity index (χ1v) is 13.9. The predicted molar refractivity (Wildman–Crippen MR) is 167 cm³/mol. The molecular weight excluding hydrogens is 553 g/mol. The largest absolute Gasteiger partial charge is 0.470 e. The summed E-state index contributed by atoms with van der Waals surface area (Å²) in [5.74, 6) is -1.87. The van der Waals surface area contributed by atoms with E-state index in [1.165, 1.54) is 6.07 Å². The molecular formula is C29H34B3F2N5O4. The smallest absolute Gasteiger partial charge is 0.407 e. The maximum absolute atomic E-state index is 14.2. The Morgan fingerprint density at radius 1 is 0.977 bits per heavy atom. The summed E-state index contributed by atoms with van der Waals surface area (Å²) in [7, 11) is 6.13. The first-order valence-electron chi connectivity index (χ1n) is 13.9. The van der Waals surface area contributed by atoms with Gasteiger partial charge in [-0.15, -0.1) is 5.11 Å². The molecule has 0 aliphatic rings. The predicted octanol–water partition coefficient (Wildman–Crippen LogP) is 1.98. The maximum Gasteiger partial charge on any atom is 0.407 e. The number of amides is 2. The molecule has 0 aliphatic carbocycles. The van der Waals surface area contributed by atoms with Crippen LogP contribution in [0.4, 0.5) is 13.6 Å². The number of hydrogen-bond donors (Lipinski definition) is 2. The second-order valence-electron chi connectivity index (χ2n) is 12.1. The van der Waals surface area contributed by atoms with Crippen LogP contribution in [-0.2, 0) is 18.0 Å². The van der Waals surface area contributed by atoms with Gasteiger partial charge in [-0.25, -0.2) is 23.5 Å². The van der Waals surface area contributed by atoms with E-state index in [0.29, 0.717) is 17.8 Å². The van der Waals surface area contributed by atoms with Crippen molar-refractivity contribution in [2.24, 2.45) is 0 Å². The molecule has 9 nitrogen and oxygen atoms in total. The molecule has 2 amide bonds. The molecule has 0 aliphatic heterocycles. The van der Waals surface area contributed by atoms with E-state index < -0.39 is 35.8 Å². The second kappa shape index (κ2) is 12.9. The number of aromatic nitrogens is 3. The molecule has 0 spiro atoms. The summed E-state index contributed by atoms with van der Waals surface area (Å²) < 4.78 is 41.0.